The molecule has 26 heavy (non-hydrogen) atoms. The van der Waals surface area contributed by atoms with Crippen LogP contribution in [0.3, 0.4) is 0 Å². The van der Waals surface area contributed by atoms with Gasteiger partial charge in [0.2, 0.25) is 5.89 Å². The van der Waals surface area contributed by atoms with Crippen LogP contribution >= 0.6 is 0 Å². The maximum absolute atomic E-state index is 13.0. The first-order chi connectivity index (χ1) is 12.5. The predicted octanol–water partition coefficient (Wildman–Crippen LogP) is 3.13. The molecule has 7 heteroatoms. The van der Waals surface area contributed by atoms with E-state index >= 15 is 0 Å². The van der Waals surface area contributed by atoms with Crippen LogP contribution in [0.1, 0.15) is 12.5 Å². The van der Waals surface area contributed by atoms with Crippen molar-refractivity contribution in [3.8, 4) is 17.2 Å². The minimum atomic E-state index is -0.553. The van der Waals surface area contributed by atoms with E-state index in [0.717, 1.165) is 11.3 Å². The van der Waals surface area contributed by atoms with Gasteiger partial charge in [-0.2, -0.15) is 4.68 Å². The van der Waals surface area contributed by atoms with E-state index < -0.39 is 5.76 Å². The van der Waals surface area contributed by atoms with Crippen molar-refractivity contribution in [1.29, 1.82) is 0 Å². The molecule has 0 aliphatic rings. The van der Waals surface area contributed by atoms with Gasteiger partial charge in [0.15, 0.2) is 0 Å². The number of hydrogen-bond acceptors (Lipinski definition) is 5. The molecule has 0 saturated carbocycles. The number of aromatic nitrogens is 2. The van der Waals surface area contributed by atoms with Crippen molar-refractivity contribution < 1.29 is 13.5 Å². The highest BCUT2D eigenvalue weighted by Gasteiger charge is 2.12. The molecule has 2 aromatic carbocycles. The average Bonchev–Trinajstić information content (AvgIpc) is 2.98. The molecule has 0 atom stereocenters. The van der Waals surface area contributed by atoms with E-state index in [0.29, 0.717) is 18.7 Å². The van der Waals surface area contributed by atoms with Gasteiger partial charge in [0.25, 0.3) is 0 Å². The highest BCUT2D eigenvalue weighted by molar-refractivity contribution is 5.51. The standard InChI is InChI=1S/C19H20FN3O3/c1-3-25-17-10-4-14(5-11-17)12-22(2)13-23-19(24)26-18(21-23)15-6-8-16(20)9-7-15/h4-11H,3,12-13H2,1-2H3. The van der Waals surface area contributed by atoms with Crippen molar-refractivity contribution in [2.24, 2.45) is 0 Å². The summed E-state index contributed by atoms with van der Waals surface area (Å²) in [6.07, 6.45) is 0. The summed E-state index contributed by atoms with van der Waals surface area (Å²) in [6.45, 7) is 3.48. The Bertz CT molecular complexity index is 901. The van der Waals surface area contributed by atoms with E-state index in [1.165, 1.54) is 28.9 Å². The largest absolute Gasteiger partial charge is 0.494 e. The van der Waals surface area contributed by atoms with Crippen molar-refractivity contribution in [1.82, 2.24) is 14.7 Å². The van der Waals surface area contributed by atoms with Crippen molar-refractivity contribution in [2.75, 3.05) is 13.7 Å². The van der Waals surface area contributed by atoms with Gasteiger partial charge in [-0.15, -0.1) is 5.10 Å². The van der Waals surface area contributed by atoms with Gasteiger partial charge in [0.05, 0.1) is 6.61 Å². The molecule has 0 radical (unpaired) electrons. The second-order valence-electron chi connectivity index (χ2n) is 5.91. The smallest absolute Gasteiger partial charge is 0.438 e. The number of nitrogens with zero attached hydrogens (tertiary/aromatic N) is 3. The molecule has 0 aliphatic heterocycles. The minimum absolute atomic E-state index is 0.171. The summed E-state index contributed by atoms with van der Waals surface area (Å²) in [6, 6.07) is 13.4. The van der Waals surface area contributed by atoms with Gasteiger partial charge in [-0.05, 0) is 55.9 Å². The van der Waals surface area contributed by atoms with E-state index in [1.54, 1.807) is 0 Å². The maximum Gasteiger partial charge on any atom is 0.438 e. The second kappa shape index (κ2) is 7.97. The van der Waals surface area contributed by atoms with Crippen LogP contribution in [-0.2, 0) is 13.2 Å². The molecule has 136 valence electrons. The van der Waals surface area contributed by atoms with Gasteiger partial charge in [-0.3, -0.25) is 4.90 Å². The molecule has 0 spiro atoms. The molecular formula is C19H20FN3O3. The van der Waals surface area contributed by atoms with Crippen LogP contribution in [0.5, 0.6) is 5.75 Å². The molecule has 0 bridgehead atoms. The normalized spacial score (nSPS) is 11.1. The summed E-state index contributed by atoms with van der Waals surface area (Å²) in [4.78, 5) is 13.9. The minimum Gasteiger partial charge on any atom is -0.494 e. The van der Waals surface area contributed by atoms with Crippen molar-refractivity contribution in [3.05, 3.63) is 70.5 Å². The number of ether oxygens (including phenoxy) is 1. The Morgan fingerprint density at radius 3 is 2.50 bits per heavy atom. The van der Waals surface area contributed by atoms with Gasteiger partial charge in [0, 0.05) is 12.1 Å². The molecule has 1 heterocycles. The van der Waals surface area contributed by atoms with E-state index in [-0.39, 0.29) is 18.4 Å². The average molecular weight is 357 g/mol. The van der Waals surface area contributed by atoms with Crippen LogP contribution in [-0.4, -0.2) is 28.3 Å². The summed E-state index contributed by atoms with van der Waals surface area (Å²) < 4.78 is 24.8. The monoisotopic (exact) mass is 357 g/mol. The summed E-state index contributed by atoms with van der Waals surface area (Å²) in [5.41, 5.74) is 1.64. The summed E-state index contributed by atoms with van der Waals surface area (Å²) in [7, 11) is 1.88. The molecule has 0 fully saturated rings. The van der Waals surface area contributed by atoms with Crippen LogP contribution in [0.4, 0.5) is 4.39 Å². The third-order valence-corrected chi connectivity index (χ3v) is 3.76. The molecule has 3 rings (SSSR count). The molecule has 6 nitrogen and oxygen atoms in total. The van der Waals surface area contributed by atoms with Crippen molar-refractivity contribution in [2.45, 2.75) is 20.1 Å². The molecular weight excluding hydrogens is 337 g/mol. The van der Waals surface area contributed by atoms with Crippen molar-refractivity contribution in [3.63, 3.8) is 0 Å². The molecule has 3 aromatic rings. The molecule has 0 aliphatic carbocycles. The Labute approximate surface area is 150 Å². The van der Waals surface area contributed by atoms with Crippen LogP contribution in [0.15, 0.2) is 57.7 Å². The van der Waals surface area contributed by atoms with Gasteiger partial charge in [-0.1, -0.05) is 12.1 Å². The summed E-state index contributed by atoms with van der Waals surface area (Å²) in [5, 5.41) is 4.18. The lowest BCUT2D eigenvalue weighted by molar-refractivity contribution is 0.236. The molecule has 0 amide bonds. The summed E-state index contributed by atoms with van der Waals surface area (Å²) in [5.74, 6) is 0.0912. The van der Waals surface area contributed by atoms with E-state index in [1.807, 2.05) is 43.1 Å². The fourth-order valence-corrected chi connectivity index (χ4v) is 2.55. The van der Waals surface area contributed by atoms with Gasteiger partial charge >= 0.3 is 5.76 Å². The van der Waals surface area contributed by atoms with E-state index in [2.05, 4.69) is 5.10 Å². The van der Waals surface area contributed by atoms with E-state index in [9.17, 15) is 9.18 Å². The Hall–Kier alpha value is -2.93. The number of halogens is 1. The predicted molar refractivity (Wildman–Crippen MR) is 95.2 cm³/mol. The van der Waals surface area contributed by atoms with Crippen LogP contribution in [0, 0.1) is 5.82 Å². The zero-order valence-electron chi connectivity index (χ0n) is 14.7. The molecule has 0 unspecified atom stereocenters. The first-order valence-electron chi connectivity index (χ1n) is 8.29. The highest BCUT2D eigenvalue weighted by Crippen LogP contribution is 2.16. The Morgan fingerprint density at radius 1 is 1.15 bits per heavy atom. The molecule has 1 aromatic heterocycles. The Balaban J connectivity index is 1.66. The van der Waals surface area contributed by atoms with Crippen LogP contribution in [0.2, 0.25) is 0 Å². The number of benzene rings is 2. The fraction of sp³-hybridized carbons (Fsp3) is 0.263. The first kappa shape index (κ1) is 17.9. The van der Waals surface area contributed by atoms with Gasteiger partial charge in [-0.25, -0.2) is 9.18 Å². The highest BCUT2D eigenvalue weighted by atomic mass is 19.1. The molecule has 0 N–H and O–H groups in total. The Morgan fingerprint density at radius 2 is 1.85 bits per heavy atom. The lowest BCUT2D eigenvalue weighted by atomic mass is 10.2. The second-order valence-corrected chi connectivity index (χ2v) is 5.91. The lowest BCUT2D eigenvalue weighted by Gasteiger charge is -2.15. The third kappa shape index (κ3) is 4.37. The number of rotatable bonds is 7. The zero-order chi connectivity index (χ0) is 18.5. The van der Waals surface area contributed by atoms with Crippen LogP contribution < -0.4 is 10.5 Å². The van der Waals surface area contributed by atoms with Crippen molar-refractivity contribution >= 4 is 0 Å². The SMILES string of the molecule is CCOc1ccc(CN(C)Cn2nc(-c3ccc(F)cc3)oc2=O)cc1. The lowest BCUT2D eigenvalue weighted by Crippen LogP contribution is -2.28. The zero-order valence-corrected chi connectivity index (χ0v) is 14.7. The first-order valence-corrected chi connectivity index (χ1v) is 8.29. The topological polar surface area (TPSA) is 60.5 Å². The maximum atomic E-state index is 13.0. The molecule has 0 saturated heterocycles. The number of hydrogen-bond donors (Lipinski definition) is 0. The van der Waals surface area contributed by atoms with Crippen LogP contribution in [0.25, 0.3) is 11.5 Å². The van der Waals surface area contributed by atoms with E-state index in [4.69, 9.17) is 9.15 Å². The quantitative estimate of drug-likeness (QED) is 0.650. The van der Waals surface area contributed by atoms with Gasteiger partial charge < -0.3 is 9.15 Å². The third-order valence-electron chi connectivity index (χ3n) is 3.76. The van der Waals surface area contributed by atoms with Gasteiger partial charge in [0.1, 0.15) is 18.2 Å². The Kier molecular flexibility index (Phi) is 5.48. The fourth-order valence-electron chi connectivity index (χ4n) is 2.55. The summed E-state index contributed by atoms with van der Waals surface area (Å²) >= 11 is 0.